The van der Waals surface area contributed by atoms with Crippen molar-refractivity contribution in [2.75, 3.05) is 52.9 Å². The van der Waals surface area contributed by atoms with E-state index in [1.54, 1.807) is 0 Å². The van der Waals surface area contributed by atoms with Gasteiger partial charge in [-0.25, -0.2) is 30.0 Å². The molecule has 0 saturated heterocycles. The number of unbranched alkanes of at least 4 members (excludes halogenated alkanes) is 8. The van der Waals surface area contributed by atoms with Gasteiger partial charge in [0.1, 0.15) is 68.6 Å². The Kier molecular flexibility index (Phi) is 19.8. The SMILES string of the molecule is CCCCOc1c2c(c(OCCCC)c3ccccc13)C1=Nc3c4c(OCCCC)c5ccccc5c(OCCCC)c4c4n3[Si](O)(O)n3c(c5c(OCCCC)c6ccccc6c(OCCCC)c5c3=NC3=NC(=N4)c4c3c(OCCCC)c3ccccc3c4OCCCC)=NC2=N1. The number of benzene rings is 8. The predicted octanol–water partition coefficient (Wildman–Crippen LogP) is 17.4. The summed E-state index contributed by atoms with van der Waals surface area (Å²) in [6, 6.07) is 32.3. The maximum Gasteiger partial charge on any atom is 0.597 e. The Balaban J connectivity index is 1.30. The lowest BCUT2D eigenvalue weighted by Gasteiger charge is -2.24. The summed E-state index contributed by atoms with van der Waals surface area (Å²) < 4.78 is 60.7. The van der Waals surface area contributed by atoms with Crippen LogP contribution in [0.4, 0.5) is 11.6 Å². The van der Waals surface area contributed by atoms with Crippen LogP contribution in [0.5, 0.6) is 46.0 Å². The number of hydrogen-bond acceptors (Lipinski definition) is 16. The second-order valence-corrected chi connectivity index (χ2v) is 28.1. The predicted molar refractivity (Wildman–Crippen MR) is 399 cm³/mol. The van der Waals surface area contributed by atoms with Crippen molar-refractivity contribution >= 4 is 108 Å². The molecule has 0 unspecified atom stereocenters. The number of fused-ring (bicyclic) bond motifs is 18. The number of hydrogen-bond donors (Lipinski definition) is 2. The lowest BCUT2D eigenvalue weighted by atomic mass is 9.97. The van der Waals surface area contributed by atoms with Gasteiger partial charge >= 0.3 is 8.88 Å². The van der Waals surface area contributed by atoms with Crippen LogP contribution in [-0.4, -0.2) is 103 Å². The van der Waals surface area contributed by atoms with Crippen molar-refractivity contribution in [1.82, 2.24) is 8.47 Å². The zero-order chi connectivity index (χ0) is 68.3. The van der Waals surface area contributed by atoms with Crippen LogP contribution >= 0.6 is 0 Å². The highest BCUT2D eigenvalue weighted by atomic mass is 28.4. The van der Waals surface area contributed by atoms with E-state index >= 15 is 9.59 Å². The first-order chi connectivity index (χ1) is 48.7. The summed E-state index contributed by atoms with van der Waals surface area (Å²) in [6.07, 6.45) is 12.8. The number of ether oxygens (including phenoxy) is 8. The summed E-state index contributed by atoms with van der Waals surface area (Å²) in [5.41, 5.74) is 2.28. The maximum absolute atomic E-state index is 15.2. The zero-order valence-corrected chi connectivity index (χ0v) is 59.4. The highest BCUT2D eigenvalue weighted by molar-refractivity contribution is 6.63. The van der Waals surface area contributed by atoms with Crippen LogP contribution in [0.3, 0.4) is 0 Å². The van der Waals surface area contributed by atoms with Crippen LogP contribution in [-0.2, 0) is 0 Å². The molecule has 18 nitrogen and oxygen atoms in total. The Labute approximate surface area is 578 Å². The molecule has 8 aromatic carbocycles. The molecule has 514 valence electrons. The van der Waals surface area contributed by atoms with E-state index in [2.05, 4.69) is 79.7 Å². The standard InChI is InChI=1S/C80H90N8O10Si/c1-9-17-41-91-65-49-33-25-26-34-50(49)66(92-42-18-10-2)58-57(65)73-81-74(58)84-78-63-64(72(98-48-24-16-8)56-40-32-31-39-55(56)71(63)97-47-23-15-7)80-86-76-60-59(67(93-43-19-11-3)51-35-27-28-36-52(51)68(60)94-44-20-12-4)75(82-76)85-79-62-61(77(83-73)87(79)99(89,90)88(78)80)69(95-45-21-13-5)53-37-29-30-38-54(53)70(62)96-46-22-14-6/h25-40,89-90H,9-24,41-48H2,1-8H3. The molecule has 99 heavy (non-hydrogen) atoms. The highest BCUT2D eigenvalue weighted by Gasteiger charge is 2.50. The minimum absolute atomic E-state index is 0.0794. The van der Waals surface area contributed by atoms with E-state index in [0.29, 0.717) is 168 Å². The molecule has 0 spiro atoms. The van der Waals surface area contributed by atoms with Crippen molar-refractivity contribution in [3.8, 4) is 46.0 Å². The summed E-state index contributed by atoms with van der Waals surface area (Å²) in [7, 11) is -5.79. The molecule has 2 aromatic heterocycles. The van der Waals surface area contributed by atoms with E-state index in [4.69, 9.17) is 67.8 Å². The van der Waals surface area contributed by atoms with Crippen molar-refractivity contribution < 1.29 is 47.5 Å². The molecule has 0 saturated carbocycles. The Morgan fingerprint density at radius 1 is 0.273 bits per heavy atom. The molecule has 4 aliphatic heterocycles. The molecule has 0 fully saturated rings. The summed E-state index contributed by atoms with van der Waals surface area (Å²) in [6.45, 7) is 19.9. The quantitative estimate of drug-likeness (QED) is 0.0302. The van der Waals surface area contributed by atoms with Crippen molar-refractivity contribution in [3.63, 3.8) is 0 Å². The summed E-state index contributed by atoms with van der Waals surface area (Å²) in [5, 5.41) is 7.75. The lowest BCUT2D eigenvalue weighted by Crippen LogP contribution is -2.60. The van der Waals surface area contributed by atoms with E-state index < -0.39 is 8.88 Å². The molecule has 10 aromatic rings. The Morgan fingerprint density at radius 3 is 0.727 bits per heavy atom. The second-order valence-electron chi connectivity index (χ2n) is 26.0. The van der Waals surface area contributed by atoms with E-state index in [0.717, 1.165) is 120 Å². The first kappa shape index (κ1) is 66.9. The van der Waals surface area contributed by atoms with E-state index in [-0.39, 0.29) is 46.0 Å². The van der Waals surface area contributed by atoms with Crippen molar-refractivity contribution in [1.29, 1.82) is 0 Å². The minimum atomic E-state index is -5.79. The highest BCUT2D eigenvalue weighted by Crippen LogP contribution is 2.56. The summed E-state index contributed by atoms with van der Waals surface area (Å²) >= 11 is 0. The maximum atomic E-state index is 15.2. The Hall–Kier alpha value is -9.30. The fourth-order valence-electron chi connectivity index (χ4n) is 13.8. The van der Waals surface area contributed by atoms with Gasteiger partial charge in [0.15, 0.2) is 23.3 Å². The third-order valence-electron chi connectivity index (χ3n) is 18.9. The monoisotopic (exact) mass is 1350 g/mol. The Morgan fingerprint density at radius 2 is 0.485 bits per heavy atom. The van der Waals surface area contributed by atoms with Gasteiger partial charge in [-0.2, -0.15) is 0 Å². The molecule has 14 rings (SSSR count). The van der Waals surface area contributed by atoms with Gasteiger partial charge in [0.25, 0.3) is 0 Å². The van der Waals surface area contributed by atoms with Gasteiger partial charge in [-0.3, -0.25) is 8.47 Å². The molecule has 0 atom stereocenters. The average Bonchev–Trinajstić information content (AvgIpc) is 1.52. The molecule has 0 aliphatic carbocycles. The number of amidine groups is 4. The lowest BCUT2D eigenvalue weighted by molar-refractivity contribution is 0.305. The zero-order valence-electron chi connectivity index (χ0n) is 58.4. The van der Waals surface area contributed by atoms with Crippen LogP contribution < -0.4 is 48.9 Å². The van der Waals surface area contributed by atoms with Gasteiger partial charge in [-0.05, 0) is 51.4 Å². The molecule has 6 heterocycles. The van der Waals surface area contributed by atoms with Crippen LogP contribution in [0.15, 0.2) is 127 Å². The molecule has 19 heteroatoms. The molecule has 0 radical (unpaired) electrons. The van der Waals surface area contributed by atoms with Crippen molar-refractivity contribution in [2.45, 2.75) is 158 Å². The largest absolute Gasteiger partial charge is 0.597 e. The Bertz CT molecular complexity index is 4750. The average molecular weight is 1350 g/mol. The van der Waals surface area contributed by atoms with Crippen LogP contribution in [0.2, 0.25) is 0 Å². The first-order valence-electron chi connectivity index (χ1n) is 36.4. The fourth-order valence-corrected chi connectivity index (χ4v) is 15.8. The topological polar surface area (TPSA) is 198 Å². The molecule has 4 aliphatic rings. The van der Waals surface area contributed by atoms with Crippen LogP contribution in [0.25, 0.3) is 64.6 Å². The fraction of sp³-hybridized carbons (Fsp3) is 0.400. The normalized spacial score (nSPS) is 14.0. The van der Waals surface area contributed by atoms with Crippen molar-refractivity contribution in [2.24, 2.45) is 30.0 Å². The first-order valence-corrected chi connectivity index (χ1v) is 38.2. The number of aliphatic imine (C=N–C) groups is 4. The molecular weight excluding hydrogens is 1260 g/mol. The third-order valence-corrected chi connectivity index (χ3v) is 21.0. The van der Waals surface area contributed by atoms with Gasteiger partial charge in [0.2, 0.25) is 0 Å². The smallest absolute Gasteiger partial charge is 0.492 e. The van der Waals surface area contributed by atoms with Gasteiger partial charge in [0, 0.05) is 43.1 Å². The number of rotatable bonds is 32. The van der Waals surface area contributed by atoms with E-state index in [1.807, 2.05) is 72.8 Å². The summed E-state index contributed by atoms with van der Waals surface area (Å²) in [5.74, 6) is 4.89. The van der Waals surface area contributed by atoms with Gasteiger partial charge in [0.05, 0.1) is 96.7 Å². The van der Waals surface area contributed by atoms with Crippen LogP contribution in [0.1, 0.15) is 180 Å². The van der Waals surface area contributed by atoms with Gasteiger partial charge in [-0.15, -0.1) is 0 Å². The van der Waals surface area contributed by atoms with E-state index in [9.17, 15) is 0 Å². The van der Waals surface area contributed by atoms with E-state index in [1.165, 1.54) is 8.47 Å². The van der Waals surface area contributed by atoms with Crippen molar-refractivity contribution in [3.05, 3.63) is 130 Å². The van der Waals surface area contributed by atoms with Crippen LogP contribution in [0, 0.1) is 0 Å². The second kappa shape index (κ2) is 29.3. The summed E-state index contributed by atoms with van der Waals surface area (Å²) in [4.78, 5) is 65.2. The molecular formula is C80H90N8O10Si. The van der Waals surface area contributed by atoms with Gasteiger partial charge in [-0.1, -0.05) is 204 Å². The molecule has 2 N–H and O–H groups in total. The number of aromatic nitrogens is 2. The molecule has 0 amide bonds. The van der Waals surface area contributed by atoms with Gasteiger partial charge < -0.3 is 47.5 Å². The molecule has 6 bridgehead atoms. The minimum Gasteiger partial charge on any atom is -0.492 e. The number of nitrogens with zero attached hydrogens (tertiary/aromatic N) is 8. The third kappa shape index (κ3) is 11.7.